The van der Waals surface area contributed by atoms with Gasteiger partial charge in [0.25, 0.3) is 0 Å². The molecule has 1 N–H and O–H groups in total. The largest absolute Gasteiger partial charge is 0.381 e. The monoisotopic (exact) mass is 196 g/mol. The number of benzene rings is 1. The highest BCUT2D eigenvalue weighted by atomic mass is 16.5. The van der Waals surface area contributed by atoms with Crippen LogP contribution < -0.4 is 0 Å². The van der Waals surface area contributed by atoms with Crippen molar-refractivity contribution in [3.63, 3.8) is 0 Å². The first kappa shape index (κ1) is 11.2. The number of hydrogen-bond donors (Lipinski definition) is 1. The Labute approximate surface area is 84.3 Å². The molecule has 1 aromatic rings. The van der Waals surface area contributed by atoms with E-state index in [4.69, 9.17) is 9.47 Å². The first-order valence-corrected chi connectivity index (χ1v) is 4.49. The lowest BCUT2D eigenvalue weighted by Gasteiger charge is -2.26. The molecule has 3 heteroatoms. The Hall–Kier alpha value is -0.900. The molecule has 0 saturated heterocycles. The normalized spacial score (nSPS) is 11.6. The molecule has 78 valence electrons. The average molecular weight is 196 g/mol. The van der Waals surface area contributed by atoms with Crippen molar-refractivity contribution in [2.24, 2.45) is 0 Å². The molecule has 0 aromatic heterocycles. The zero-order valence-electron chi connectivity index (χ0n) is 8.56. The SMILES string of the molecule is COCC(O)(COC)c1ccccc1. The number of rotatable bonds is 5. The third-order valence-electron chi connectivity index (χ3n) is 2.08. The summed E-state index contributed by atoms with van der Waals surface area (Å²) >= 11 is 0. The van der Waals surface area contributed by atoms with E-state index in [1.807, 2.05) is 30.3 Å². The van der Waals surface area contributed by atoms with Crippen molar-refractivity contribution in [2.45, 2.75) is 5.60 Å². The molecular formula is C11H16O3. The van der Waals surface area contributed by atoms with Crippen molar-refractivity contribution < 1.29 is 14.6 Å². The average Bonchev–Trinajstić information content (AvgIpc) is 2.20. The molecule has 1 rings (SSSR count). The Morgan fingerprint density at radius 1 is 1.07 bits per heavy atom. The summed E-state index contributed by atoms with van der Waals surface area (Å²) in [5, 5.41) is 10.2. The quantitative estimate of drug-likeness (QED) is 0.768. The van der Waals surface area contributed by atoms with Crippen LogP contribution in [0, 0.1) is 0 Å². The molecule has 0 heterocycles. The van der Waals surface area contributed by atoms with Gasteiger partial charge in [0.2, 0.25) is 0 Å². The van der Waals surface area contributed by atoms with Gasteiger partial charge in [-0.05, 0) is 5.56 Å². The highest BCUT2D eigenvalue weighted by molar-refractivity contribution is 5.22. The van der Waals surface area contributed by atoms with Gasteiger partial charge in [0, 0.05) is 14.2 Å². The maximum atomic E-state index is 10.2. The Kier molecular flexibility index (Phi) is 4.07. The molecule has 0 saturated carbocycles. The molecule has 0 amide bonds. The third-order valence-corrected chi connectivity index (χ3v) is 2.08. The second-order valence-corrected chi connectivity index (χ2v) is 3.26. The van der Waals surface area contributed by atoms with Crippen LogP contribution in [0.4, 0.5) is 0 Å². The molecule has 0 aliphatic carbocycles. The molecule has 3 nitrogen and oxygen atoms in total. The van der Waals surface area contributed by atoms with E-state index < -0.39 is 5.60 Å². The molecule has 0 bridgehead atoms. The highest BCUT2D eigenvalue weighted by Crippen LogP contribution is 2.21. The molecule has 0 aliphatic rings. The van der Waals surface area contributed by atoms with Gasteiger partial charge in [-0.25, -0.2) is 0 Å². The van der Waals surface area contributed by atoms with Gasteiger partial charge in [-0.1, -0.05) is 30.3 Å². The van der Waals surface area contributed by atoms with E-state index in [-0.39, 0.29) is 13.2 Å². The Bertz CT molecular complexity index is 252. The van der Waals surface area contributed by atoms with Gasteiger partial charge in [-0.2, -0.15) is 0 Å². The van der Waals surface area contributed by atoms with Crippen molar-refractivity contribution in [2.75, 3.05) is 27.4 Å². The van der Waals surface area contributed by atoms with Gasteiger partial charge >= 0.3 is 0 Å². The fraction of sp³-hybridized carbons (Fsp3) is 0.455. The Morgan fingerprint density at radius 2 is 1.57 bits per heavy atom. The van der Waals surface area contributed by atoms with Gasteiger partial charge in [-0.15, -0.1) is 0 Å². The standard InChI is InChI=1S/C11H16O3/c1-13-8-11(12,9-14-2)10-6-4-3-5-7-10/h3-7,12H,8-9H2,1-2H3. The first-order valence-electron chi connectivity index (χ1n) is 4.49. The van der Waals surface area contributed by atoms with Crippen LogP contribution >= 0.6 is 0 Å². The first-order chi connectivity index (χ1) is 6.73. The van der Waals surface area contributed by atoms with Gasteiger partial charge in [-0.3, -0.25) is 0 Å². The minimum Gasteiger partial charge on any atom is -0.381 e. The summed E-state index contributed by atoms with van der Waals surface area (Å²) in [5.74, 6) is 0. The lowest BCUT2D eigenvalue weighted by Crippen LogP contribution is -2.36. The van der Waals surface area contributed by atoms with Crippen LogP contribution in [0.15, 0.2) is 30.3 Å². The molecule has 1 aromatic carbocycles. The van der Waals surface area contributed by atoms with Gasteiger partial charge in [0.05, 0.1) is 13.2 Å². The van der Waals surface area contributed by atoms with E-state index in [9.17, 15) is 5.11 Å². The van der Waals surface area contributed by atoms with E-state index >= 15 is 0 Å². The molecule has 0 spiro atoms. The van der Waals surface area contributed by atoms with Crippen LogP contribution in [-0.4, -0.2) is 32.5 Å². The van der Waals surface area contributed by atoms with E-state index in [2.05, 4.69) is 0 Å². The van der Waals surface area contributed by atoms with Crippen LogP contribution in [0.25, 0.3) is 0 Å². The van der Waals surface area contributed by atoms with Crippen LogP contribution in [0.5, 0.6) is 0 Å². The maximum Gasteiger partial charge on any atom is 0.136 e. The number of hydrogen-bond acceptors (Lipinski definition) is 3. The third kappa shape index (κ3) is 2.54. The Balaban J connectivity index is 2.87. The van der Waals surface area contributed by atoms with Crippen molar-refractivity contribution in [1.29, 1.82) is 0 Å². The summed E-state index contributed by atoms with van der Waals surface area (Å²) in [6.07, 6.45) is 0. The van der Waals surface area contributed by atoms with Crippen molar-refractivity contribution in [3.8, 4) is 0 Å². The highest BCUT2D eigenvalue weighted by Gasteiger charge is 2.28. The van der Waals surface area contributed by atoms with E-state index in [0.717, 1.165) is 5.56 Å². The Morgan fingerprint density at radius 3 is 2.00 bits per heavy atom. The number of methoxy groups -OCH3 is 2. The predicted molar refractivity (Wildman–Crippen MR) is 54.1 cm³/mol. The molecule has 14 heavy (non-hydrogen) atoms. The fourth-order valence-electron chi connectivity index (χ4n) is 1.43. The van der Waals surface area contributed by atoms with Gasteiger partial charge in [0.1, 0.15) is 5.60 Å². The summed E-state index contributed by atoms with van der Waals surface area (Å²) in [6.45, 7) is 0.454. The van der Waals surface area contributed by atoms with Crippen LogP contribution in [0.3, 0.4) is 0 Å². The minimum atomic E-state index is -1.05. The minimum absolute atomic E-state index is 0.227. The second kappa shape index (κ2) is 5.10. The van der Waals surface area contributed by atoms with Crippen LogP contribution in [-0.2, 0) is 15.1 Å². The van der Waals surface area contributed by atoms with Crippen molar-refractivity contribution in [3.05, 3.63) is 35.9 Å². The molecule has 0 radical (unpaired) electrons. The summed E-state index contributed by atoms with van der Waals surface area (Å²) in [7, 11) is 3.12. The van der Waals surface area contributed by atoms with E-state index in [1.165, 1.54) is 0 Å². The topological polar surface area (TPSA) is 38.7 Å². The van der Waals surface area contributed by atoms with Gasteiger partial charge < -0.3 is 14.6 Å². The summed E-state index contributed by atoms with van der Waals surface area (Å²) in [6, 6.07) is 9.39. The molecule has 0 unspecified atom stereocenters. The maximum absolute atomic E-state index is 10.2. The van der Waals surface area contributed by atoms with Gasteiger partial charge in [0.15, 0.2) is 0 Å². The van der Waals surface area contributed by atoms with Crippen LogP contribution in [0.2, 0.25) is 0 Å². The number of aliphatic hydroxyl groups is 1. The summed E-state index contributed by atoms with van der Waals surface area (Å²) in [5.41, 5.74) is -0.242. The predicted octanol–water partition coefficient (Wildman–Crippen LogP) is 1.17. The lowest BCUT2D eigenvalue weighted by atomic mass is 9.96. The molecule has 0 atom stereocenters. The second-order valence-electron chi connectivity index (χ2n) is 3.26. The van der Waals surface area contributed by atoms with Crippen LogP contribution in [0.1, 0.15) is 5.56 Å². The zero-order valence-corrected chi connectivity index (χ0v) is 8.56. The molecular weight excluding hydrogens is 180 g/mol. The smallest absolute Gasteiger partial charge is 0.136 e. The summed E-state index contributed by atoms with van der Waals surface area (Å²) < 4.78 is 9.97. The molecule has 0 aliphatic heterocycles. The lowest BCUT2D eigenvalue weighted by molar-refractivity contribution is -0.0823. The van der Waals surface area contributed by atoms with Crippen molar-refractivity contribution in [1.82, 2.24) is 0 Å². The van der Waals surface area contributed by atoms with E-state index in [1.54, 1.807) is 14.2 Å². The molecule has 0 fully saturated rings. The summed E-state index contributed by atoms with van der Waals surface area (Å²) in [4.78, 5) is 0. The fourth-order valence-corrected chi connectivity index (χ4v) is 1.43. The number of ether oxygens (including phenoxy) is 2. The van der Waals surface area contributed by atoms with E-state index in [0.29, 0.717) is 0 Å². The zero-order chi connectivity index (χ0) is 10.4. The van der Waals surface area contributed by atoms with Crippen molar-refractivity contribution >= 4 is 0 Å².